The van der Waals surface area contributed by atoms with Crippen LogP contribution in [0, 0.1) is 5.92 Å². The molecule has 174 valence electrons. The van der Waals surface area contributed by atoms with E-state index in [-0.39, 0.29) is 11.8 Å². The third-order valence-corrected chi connectivity index (χ3v) is 7.28. The number of hydrogen-bond donors (Lipinski definition) is 2. The Balaban J connectivity index is 1.20. The van der Waals surface area contributed by atoms with E-state index < -0.39 is 0 Å². The molecule has 2 fully saturated rings. The second kappa shape index (κ2) is 9.51. The van der Waals surface area contributed by atoms with E-state index in [0.717, 1.165) is 74.5 Å². The molecule has 4 heterocycles. The first kappa shape index (κ1) is 21.9. The number of aromatic amines is 1. The molecule has 7 heteroatoms. The summed E-state index contributed by atoms with van der Waals surface area (Å²) in [6.07, 6.45) is 2.94. The van der Waals surface area contributed by atoms with Crippen molar-refractivity contribution in [2.24, 2.45) is 5.92 Å². The molecule has 7 nitrogen and oxygen atoms in total. The van der Waals surface area contributed by atoms with E-state index in [9.17, 15) is 4.79 Å². The van der Waals surface area contributed by atoms with Crippen molar-refractivity contribution in [1.29, 1.82) is 0 Å². The number of rotatable bonds is 6. The highest BCUT2D eigenvalue weighted by Gasteiger charge is 2.34. The Kier molecular flexibility index (Phi) is 6.31. The number of nitrogens with zero attached hydrogens (tertiary/aromatic N) is 4. The van der Waals surface area contributed by atoms with Crippen LogP contribution in [0.2, 0.25) is 0 Å². The van der Waals surface area contributed by atoms with Gasteiger partial charge in [-0.1, -0.05) is 30.3 Å². The van der Waals surface area contributed by atoms with Gasteiger partial charge in [-0.15, -0.1) is 0 Å². The zero-order valence-electron chi connectivity index (χ0n) is 19.6. The zero-order chi connectivity index (χ0) is 22.8. The molecule has 2 aromatic heterocycles. The van der Waals surface area contributed by atoms with E-state index in [1.54, 1.807) is 0 Å². The molecule has 0 saturated carbocycles. The predicted octanol–water partition coefficient (Wildman–Crippen LogP) is 4.01. The van der Waals surface area contributed by atoms with Gasteiger partial charge in [-0.05, 0) is 63.9 Å². The van der Waals surface area contributed by atoms with Crippen LogP contribution in [0.15, 0.2) is 42.5 Å². The number of H-pyrrole nitrogens is 1. The number of carbonyl (C=O) groups is 1. The van der Waals surface area contributed by atoms with Crippen LogP contribution < -0.4 is 5.32 Å². The van der Waals surface area contributed by atoms with Crippen molar-refractivity contribution in [3.05, 3.63) is 53.7 Å². The normalized spacial score (nSPS) is 20.1. The number of pyridine rings is 1. The minimum Gasteiger partial charge on any atom is -0.364 e. The molecule has 2 aliphatic rings. The summed E-state index contributed by atoms with van der Waals surface area (Å²) in [6, 6.07) is 15.1. The molecule has 3 aromatic rings. The van der Waals surface area contributed by atoms with Crippen LogP contribution in [0.25, 0.3) is 11.0 Å². The van der Waals surface area contributed by atoms with E-state index in [0.29, 0.717) is 11.9 Å². The summed E-state index contributed by atoms with van der Waals surface area (Å²) in [5.41, 5.74) is 3.06. The van der Waals surface area contributed by atoms with E-state index >= 15 is 0 Å². The van der Waals surface area contributed by atoms with Crippen molar-refractivity contribution in [3.8, 4) is 0 Å². The molecule has 0 bridgehead atoms. The van der Waals surface area contributed by atoms with Crippen molar-refractivity contribution in [2.75, 3.05) is 31.5 Å². The van der Waals surface area contributed by atoms with Crippen molar-refractivity contribution in [2.45, 2.75) is 51.6 Å². The highest BCUT2D eigenvalue weighted by Crippen LogP contribution is 2.31. The molecule has 2 saturated heterocycles. The number of hydrogen-bond acceptors (Lipinski definition) is 5. The summed E-state index contributed by atoms with van der Waals surface area (Å²) in [4.78, 5) is 22.5. The summed E-state index contributed by atoms with van der Waals surface area (Å²) >= 11 is 0. The topological polar surface area (TPSA) is 77.2 Å². The first-order valence-corrected chi connectivity index (χ1v) is 12.2. The zero-order valence-corrected chi connectivity index (χ0v) is 19.6. The molecule has 0 spiro atoms. The molecule has 1 aromatic carbocycles. The highest BCUT2D eigenvalue weighted by molar-refractivity contribution is 5.87. The van der Waals surface area contributed by atoms with Gasteiger partial charge in [-0.2, -0.15) is 5.10 Å². The van der Waals surface area contributed by atoms with Gasteiger partial charge in [0.1, 0.15) is 0 Å². The van der Waals surface area contributed by atoms with Crippen LogP contribution in [-0.2, 0) is 11.3 Å². The van der Waals surface area contributed by atoms with E-state index in [2.05, 4.69) is 63.4 Å². The minimum atomic E-state index is 0.181. The molecule has 2 aliphatic heterocycles. The lowest BCUT2D eigenvalue weighted by atomic mass is 9.94. The van der Waals surface area contributed by atoms with Crippen LogP contribution >= 0.6 is 0 Å². The minimum absolute atomic E-state index is 0.181. The lowest BCUT2D eigenvalue weighted by Crippen LogP contribution is -2.43. The van der Waals surface area contributed by atoms with Crippen LogP contribution in [0.3, 0.4) is 0 Å². The van der Waals surface area contributed by atoms with E-state index in [4.69, 9.17) is 4.98 Å². The predicted molar refractivity (Wildman–Crippen MR) is 131 cm³/mol. The summed E-state index contributed by atoms with van der Waals surface area (Å²) in [5, 5.41) is 11.9. The van der Waals surface area contributed by atoms with Crippen molar-refractivity contribution in [3.63, 3.8) is 0 Å². The average Bonchev–Trinajstić information content (AvgIpc) is 3.50. The van der Waals surface area contributed by atoms with Gasteiger partial charge in [0.25, 0.3) is 0 Å². The molecule has 0 radical (unpaired) electrons. The van der Waals surface area contributed by atoms with E-state index in [1.165, 1.54) is 5.56 Å². The molecular formula is C26H34N6O. The number of piperidine rings is 1. The number of amides is 1. The average molecular weight is 447 g/mol. The van der Waals surface area contributed by atoms with Crippen molar-refractivity contribution in [1.82, 2.24) is 25.0 Å². The van der Waals surface area contributed by atoms with Gasteiger partial charge in [0.2, 0.25) is 5.91 Å². The second-order valence-electron chi connectivity index (χ2n) is 9.72. The Bertz CT molecular complexity index is 1090. The molecule has 1 atom stereocenters. The van der Waals surface area contributed by atoms with E-state index in [1.807, 2.05) is 18.2 Å². The molecule has 1 amide bonds. The van der Waals surface area contributed by atoms with Gasteiger partial charge in [0.05, 0.1) is 5.39 Å². The van der Waals surface area contributed by atoms with Gasteiger partial charge < -0.3 is 15.1 Å². The highest BCUT2D eigenvalue weighted by atomic mass is 16.2. The van der Waals surface area contributed by atoms with Gasteiger partial charge >= 0.3 is 0 Å². The van der Waals surface area contributed by atoms with Gasteiger partial charge in [-0.25, -0.2) is 4.98 Å². The summed E-state index contributed by atoms with van der Waals surface area (Å²) in [5.74, 6) is 1.64. The van der Waals surface area contributed by atoms with Gasteiger partial charge in [0, 0.05) is 43.2 Å². The Labute approximate surface area is 195 Å². The maximum Gasteiger partial charge on any atom is 0.225 e. The molecule has 2 N–H and O–H groups in total. The van der Waals surface area contributed by atoms with Crippen LogP contribution in [-0.4, -0.2) is 63.1 Å². The number of fused-ring (bicyclic) bond motifs is 1. The van der Waals surface area contributed by atoms with Gasteiger partial charge in [0.15, 0.2) is 11.5 Å². The number of aromatic nitrogens is 3. The van der Waals surface area contributed by atoms with Gasteiger partial charge in [-0.3, -0.25) is 9.89 Å². The fraction of sp³-hybridized carbons (Fsp3) is 0.500. The Morgan fingerprint density at radius 1 is 1.09 bits per heavy atom. The fourth-order valence-corrected chi connectivity index (χ4v) is 5.19. The third-order valence-electron chi connectivity index (χ3n) is 7.28. The SMILES string of the molecule is CC(C)N1CCC(C(=O)N2CCC(c3ccc4c(NCc5ccccc5)n[nH]c4n3)C2)CC1. The first-order valence-electron chi connectivity index (χ1n) is 12.2. The summed E-state index contributed by atoms with van der Waals surface area (Å²) in [7, 11) is 0. The first-order chi connectivity index (χ1) is 16.1. The monoisotopic (exact) mass is 446 g/mol. The molecule has 5 rings (SSSR count). The fourth-order valence-electron chi connectivity index (χ4n) is 5.19. The number of nitrogens with one attached hydrogen (secondary N) is 2. The lowest BCUT2D eigenvalue weighted by Gasteiger charge is -2.35. The smallest absolute Gasteiger partial charge is 0.225 e. The summed E-state index contributed by atoms with van der Waals surface area (Å²) in [6.45, 7) is 8.86. The second-order valence-corrected chi connectivity index (χ2v) is 9.72. The third kappa shape index (κ3) is 4.74. The molecule has 1 unspecified atom stereocenters. The molecule has 33 heavy (non-hydrogen) atoms. The largest absolute Gasteiger partial charge is 0.364 e. The number of benzene rings is 1. The number of likely N-dealkylation sites (tertiary alicyclic amines) is 2. The number of carbonyl (C=O) groups excluding carboxylic acids is 1. The molecule has 0 aliphatic carbocycles. The van der Waals surface area contributed by atoms with Crippen molar-refractivity contribution >= 4 is 22.8 Å². The standard InChI is InChI=1S/C26H34N6O/c1-18(2)31-13-10-20(11-14-31)26(33)32-15-12-21(17-32)23-9-8-22-24(29-30-25(22)28-23)27-16-19-6-4-3-5-7-19/h3-9,18,20-21H,10-17H2,1-2H3,(H2,27,28,29,30). The Morgan fingerprint density at radius 3 is 2.64 bits per heavy atom. The molecular weight excluding hydrogens is 412 g/mol. The maximum atomic E-state index is 13.1. The van der Waals surface area contributed by atoms with Crippen LogP contribution in [0.1, 0.15) is 50.3 Å². The lowest BCUT2D eigenvalue weighted by molar-refractivity contribution is -0.136. The Morgan fingerprint density at radius 2 is 1.88 bits per heavy atom. The maximum absolute atomic E-state index is 13.1. The van der Waals surface area contributed by atoms with Crippen LogP contribution in [0.4, 0.5) is 5.82 Å². The Hall–Kier alpha value is -2.93. The number of anilines is 1. The van der Waals surface area contributed by atoms with Crippen LogP contribution in [0.5, 0.6) is 0 Å². The van der Waals surface area contributed by atoms with Crippen molar-refractivity contribution < 1.29 is 4.79 Å². The quantitative estimate of drug-likeness (QED) is 0.598. The summed E-state index contributed by atoms with van der Waals surface area (Å²) < 4.78 is 0.